The molecule has 5 nitrogen and oxygen atoms in total. The minimum atomic E-state index is -0.299. The van der Waals surface area contributed by atoms with E-state index in [1.54, 1.807) is 12.1 Å². The number of nitrogens with zero attached hydrogens (tertiary/aromatic N) is 3. The predicted octanol–water partition coefficient (Wildman–Crippen LogP) is 3.27. The highest BCUT2D eigenvalue weighted by molar-refractivity contribution is 5.76. The molecular weight excluding hydrogens is 321 g/mol. The smallest absolute Gasteiger partial charge is 0.226 e. The second kappa shape index (κ2) is 7.68. The molecule has 0 N–H and O–H groups in total. The average Bonchev–Trinajstić information content (AvgIpc) is 2.95. The molecule has 0 radical (unpaired) electrons. The first-order chi connectivity index (χ1) is 12.0. The Hall–Kier alpha value is -2.37. The van der Waals surface area contributed by atoms with Gasteiger partial charge in [0.2, 0.25) is 5.91 Å². The molecular formula is C19H24FN3O2. The van der Waals surface area contributed by atoms with Gasteiger partial charge < -0.3 is 9.64 Å². The van der Waals surface area contributed by atoms with Gasteiger partial charge in [-0.1, -0.05) is 0 Å². The maximum atomic E-state index is 12.9. The summed E-state index contributed by atoms with van der Waals surface area (Å²) >= 11 is 0. The van der Waals surface area contributed by atoms with Gasteiger partial charge in [-0.05, 0) is 57.0 Å². The van der Waals surface area contributed by atoms with Crippen molar-refractivity contribution < 1.29 is 13.9 Å². The molecule has 0 bridgehead atoms. The third-order valence-corrected chi connectivity index (χ3v) is 4.54. The summed E-state index contributed by atoms with van der Waals surface area (Å²) in [6.07, 6.45) is 2.34. The van der Waals surface area contributed by atoms with Crippen molar-refractivity contribution in [2.75, 3.05) is 19.7 Å². The van der Waals surface area contributed by atoms with Crippen LogP contribution in [0.4, 0.5) is 4.39 Å². The average molecular weight is 345 g/mol. The topological polar surface area (TPSA) is 47.4 Å². The molecule has 0 unspecified atom stereocenters. The van der Waals surface area contributed by atoms with Crippen LogP contribution in [0.3, 0.4) is 0 Å². The SMILES string of the molecule is Cc1cc(C)n([C@@H]2CCCN(C(=O)CCOc3ccc(F)cc3)C2)n1. The summed E-state index contributed by atoms with van der Waals surface area (Å²) in [5, 5.41) is 4.56. The zero-order valence-corrected chi connectivity index (χ0v) is 14.7. The number of carbonyl (C=O) groups is 1. The predicted molar refractivity (Wildman–Crippen MR) is 93.1 cm³/mol. The molecule has 0 saturated carbocycles. The molecule has 2 aromatic rings. The number of aryl methyl sites for hydroxylation is 2. The lowest BCUT2D eigenvalue weighted by Gasteiger charge is -2.33. The van der Waals surface area contributed by atoms with Crippen LogP contribution in [0.15, 0.2) is 30.3 Å². The summed E-state index contributed by atoms with van der Waals surface area (Å²) < 4.78 is 20.4. The normalized spacial score (nSPS) is 17.6. The molecule has 1 atom stereocenters. The quantitative estimate of drug-likeness (QED) is 0.836. The highest BCUT2D eigenvalue weighted by Gasteiger charge is 2.25. The molecule has 134 valence electrons. The van der Waals surface area contributed by atoms with E-state index in [4.69, 9.17) is 4.74 Å². The molecule has 0 aliphatic carbocycles. The van der Waals surface area contributed by atoms with Gasteiger partial charge in [-0.25, -0.2) is 4.39 Å². The van der Waals surface area contributed by atoms with E-state index in [1.165, 1.54) is 12.1 Å². The van der Waals surface area contributed by atoms with Crippen molar-refractivity contribution in [3.63, 3.8) is 0 Å². The second-order valence-electron chi connectivity index (χ2n) is 6.56. The Morgan fingerprint density at radius 1 is 1.32 bits per heavy atom. The molecule has 1 aromatic carbocycles. The van der Waals surface area contributed by atoms with Gasteiger partial charge >= 0.3 is 0 Å². The van der Waals surface area contributed by atoms with Crippen LogP contribution in [0.25, 0.3) is 0 Å². The Kier molecular flexibility index (Phi) is 5.36. The fourth-order valence-corrected chi connectivity index (χ4v) is 3.34. The number of amides is 1. The number of carbonyl (C=O) groups excluding carboxylic acids is 1. The zero-order valence-electron chi connectivity index (χ0n) is 14.7. The molecule has 1 aromatic heterocycles. The Balaban J connectivity index is 1.51. The first kappa shape index (κ1) is 17.5. The van der Waals surface area contributed by atoms with E-state index in [9.17, 15) is 9.18 Å². The lowest BCUT2D eigenvalue weighted by atomic mass is 10.1. The van der Waals surface area contributed by atoms with Crippen LogP contribution in [-0.4, -0.2) is 40.3 Å². The van der Waals surface area contributed by atoms with Crippen LogP contribution in [0.1, 0.15) is 36.7 Å². The van der Waals surface area contributed by atoms with Crippen LogP contribution in [0.2, 0.25) is 0 Å². The van der Waals surface area contributed by atoms with Crippen molar-refractivity contribution in [3.05, 3.63) is 47.5 Å². The fourth-order valence-electron chi connectivity index (χ4n) is 3.34. The summed E-state index contributed by atoms with van der Waals surface area (Å²) in [7, 11) is 0. The Morgan fingerprint density at radius 3 is 2.76 bits per heavy atom. The molecule has 1 amide bonds. The van der Waals surface area contributed by atoms with Gasteiger partial charge in [0.05, 0.1) is 24.8 Å². The van der Waals surface area contributed by atoms with E-state index in [0.717, 1.165) is 30.8 Å². The summed E-state index contributed by atoms with van der Waals surface area (Å²) in [5.41, 5.74) is 2.14. The minimum Gasteiger partial charge on any atom is -0.493 e. The molecule has 1 aliphatic rings. The first-order valence-electron chi connectivity index (χ1n) is 8.72. The van der Waals surface area contributed by atoms with Crippen LogP contribution in [0, 0.1) is 19.7 Å². The third-order valence-electron chi connectivity index (χ3n) is 4.54. The van der Waals surface area contributed by atoms with Crippen molar-refractivity contribution in [1.82, 2.24) is 14.7 Å². The van der Waals surface area contributed by atoms with Crippen molar-refractivity contribution in [3.8, 4) is 5.75 Å². The molecule has 3 rings (SSSR count). The maximum absolute atomic E-state index is 12.9. The molecule has 1 aliphatic heterocycles. The summed E-state index contributed by atoms with van der Waals surface area (Å²) in [6, 6.07) is 8.14. The highest BCUT2D eigenvalue weighted by atomic mass is 19.1. The van der Waals surface area contributed by atoms with Gasteiger partial charge in [0.25, 0.3) is 0 Å². The first-order valence-corrected chi connectivity index (χ1v) is 8.72. The van der Waals surface area contributed by atoms with Crippen LogP contribution in [0.5, 0.6) is 5.75 Å². The van der Waals surface area contributed by atoms with Crippen molar-refractivity contribution in [1.29, 1.82) is 0 Å². The number of hydrogen-bond acceptors (Lipinski definition) is 3. The number of aromatic nitrogens is 2. The number of halogens is 1. The van der Waals surface area contributed by atoms with E-state index in [-0.39, 0.29) is 17.8 Å². The minimum absolute atomic E-state index is 0.0911. The van der Waals surface area contributed by atoms with E-state index in [2.05, 4.69) is 18.1 Å². The summed E-state index contributed by atoms with van der Waals surface area (Å²) in [6.45, 7) is 5.81. The highest BCUT2D eigenvalue weighted by Crippen LogP contribution is 2.23. The van der Waals surface area contributed by atoms with E-state index in [1.807, 2.05) is 16.5 Å². The van der Waals surface area contributed by atoms with Crippen LogP contribution >= 0.6 is 0 Å². The van der Waals surface area contributed by atoms with Crippen LogP contribution < -0.4 is 4.74 Å². The van der Waals surface area contributed by atoms with Gasteiger partial charge in [0.15, 0.2) is 0 Å². The number of likely N-dealkylation sites (tertiary alicyclic amines) is 1. The van der Waals surface area contributed by atoms with E-state index >= 15 is 0 Å². The molecule has 0 spiro atoms. The monoisotopic (exact) mass is 345 g/mol. The van der Waals surface area contributed by atoms with E-state index in [0.29, 0.717) is 25.3 Å². The maximum Gasteiger partial charge on any atom is 0.226 e. The number of rotatable bonds is 5. The number of piperidine rings is 1. The zero-order chi connectivity index (χ0) is 17.8. The van der Waals surface area contributed by atoms with Gasteiger partial charge in [0.1, 0.15) is 11.6 Å². The standard InChI is InChI=1S/C19H24FN3O2/c1-14-12-15(2)23(21-14)17-4-3-10-22(13-17)19(24)9-11-25-18-7-5-16(20)6-8-18/h5-8,12,17H,3-4,9-11,13H2,1-2H3/t17-/m1/s1. The number of hydrogen-bond donors (Lipinski definition) is 0. The molecule has 1 saturated heterocycles. The van der Waals surface area contributed by atoms with Gasteiger partial charge in [-0.15, -0.1) is 0 Å². The van der Waals surface area contributed by atoms with E-state index < -0.39 is 0 Å². The molecule has 6 heteroatoms. The van der Waals surface area contributed by atoms with Crippen molar-refractivity contribution >= 4 is 5.91 Å². The van der Waals surface area contributed by atoms with Gasteiger partial charge in [-0.3, -0.25) is 9.48 Å². The molecule has 1 fully saturated rings. The number of benzene rings is 1. The fraction of sp³-hybridized carbons (Fsp3) is 0.474. The largest absolute Gasteiger partial charge is 0.493 e. The third kappa shape index (κ3) is 4.38. The van der Waals surface area contributed by atoms with Gasteiger partial charge in [0, 0.05) is 18.8 Å². The lowest BCUT2D eigenvalue weighted by Crippen LogP contribution is -2.41. The Morgan fingerprint density at radius 2 is 2.08 bits per heavy atom. The Labute approximate surface area is 147 Å². The molecule has 2 heterocycles. The lowest BCUT2D eigenvalue weighted by molar-refractivity contribution is -0.133. The van der Waals surface area contributed by atoms with Crippen molar-refractivity contribution in [2.45, 2.75) is 39.2 Å². The molecule has 25 heavy (non-hydrogen) atoms. The van der Waals surface area contributed by atoms with Crippen LogP contribution in [-0.2, 0) is 4.79 Å². The van der Waals surface area contributed by atoms with Gasteiger partial charge in [-0.2, -0.15) is 5.10 Å². The summed E-state index contributed by atoms with van der Waals surface area (Å²) in [4.78, 5) is 14.4. The summed E-state index contributed by atoms with van der Waals surface area (Å²) in [5.74, 6) is 0.369. The van der Waals surface area contributed by atoms with Crippen molar-refractivity contribution in [2.24, 2.45) is 0 Å². The number of ether oxygens (including phenoxy) is 1. The second-order valence-corrected chi connectivity index (χ2v) is 6.56. The Bertz CT molecular complexity index is 727.